The standard InChI is InChI=1S/C22H43NO.C18H37NO/c1-2-3-4-5-6-7-8-9-10-11-12-13-14-15-16-17-18-19-20-21-22(23)24;1-2-3-4-5-6-7-8-9-10-11-12-13-14-15-16-17-18(19)20/h9-10H,2-8,11-21H2,1H3,(H2,23,24);2-17H2,1H3,(H2,19,20)/b10-9-;. The maximum absolute atomic E-state index is 10.6. The summed E-state index contributed by atoms with van der Waals surface area (Å²) in [6, 6.07) is 0. The van der Waals surface area contributed by atoms with Crippen molar-refractivity contribution in [3.8, 4) is 0 Å². The molecule has 0 fully saturated rings. The number of amides is 2. The van der Waals surface area contributed by atoms with Crippen LogP contribution in [-0.4, -0.2) is 11.8 Å². The molecule has 0 saturated carbocycles. The fourth-order valence-corrected chi connectivity index (χ4v) is 5.75. The van der Waals surface area contributed by atoms with E-state index < -0.39 is 0 Å². The third kappa shape index (κ3) is 47.6. The number of rotatable bonds is 35. The molecule has 4 nitrogen and oxygen atoms in total. The van der Waals surface area contributed by atoms with Crippen molar-refractivity contribution < 1.29 is 9.59 Å². The number of carbonyl (C=O) groups is 2. The van der Waals surface area contributed by atoms with E-state index in [-0.39, 0.29) is 11.8 Å². The first-order valence-electron chi connectivity index (χ1n) is 19.8. The van der Waals surface area contributed by atoms with Gasteiger partial charge in [-0.1, -0.05) is 193 Å². The fraction of sp³-hybridized carbons (Fsp3) is 0.900. The van der Waals surface area contributed by atoms with Gasteiger partial charge >= 0.3 is 0 Å². The SMILES string of the molecule is CCCCCCCC/C=C\CCCCCCCCCCCC(N)=O.CCCCCCCCCCCCCCCCCC(N)=O. The number of unbranched alkanes of at least 4 members (excludes halogenated alkanes) is 29. The van der Waals surface area contributed by atoms with Crippen LogP contribution in [-0.2, 0) is 9.59 Å². The minimum Gasteiger partial charge on any atom is -0.370 e. The van der Waals surface area contributed by atoms with E-state index in [1.165, 1.54) is 186 Å². The van der Waals surface area contributed by atoms with Crippen LogP contribution in [0.25, 0.3) is 0 Å². The first-order valence-corrected chi connectivity index (χ1v) is 19.8. The predicted octanol–water partition coefficient (Wildman–Crippen LogP) is 12.8. The maximum atomic E-state index is 10.6. The largest absolute Gasteiger partial charge is 0.370 e. The molecule has 0 aliphatic rings. The van der Waals surface area contributed by atoms with E-state index in [1.807, 2.05) is 0 Å². The summed E-state index contributed by atoms with van der Waals surface area (Å²) >= 11 is 0. The number of carbonyl (C=O) groups excluding carboxylic acids is 2. The number of nitrogens with two attached hydrogens (primary N) is 2. The minimum absolute atomic E-state index is 0.153. The molecule has 0 unspecified atom stereocenters. The third-order valence-electron chi connectivity index (χ3n) is 8.71. The lowest BCUT2D eigenvalue weighted by Crippen LogP contribution is -2.09. The van der Waals surface area contributed by atoms with Crippen molar-refractivity contribution in [2.24, 2.45) is 11.5 Å². The Morgan fingerprint density at radius 2 is 0.545 bits per heavy atom. The van der Waals surface area contributed by atoms with E-state index in [1.54, 1.807) is 0 Å². The van der Waals surface area contributed by atoms with Crippen molar-refractivity contribution in [3.63, 3.8) is 0 Å². The average molecular weight is 621 g/mol. The van der Waals surface area contributed by atoms with Crippen molar-refractivity contribution in [1.29, 1.82) is 0 Å². The van der Waals surface area contributed by atoms with Crippen LogP contribution in [0.15, 0.2) is 12.2 Å². The monoisotopic (exact) mass is 621 g/mol. The van der Waals surface area contributed by atoms with Crippen molar-refractivity contribution in [2.75, 3.05) is 0 Å². The average Bonchev–Trinajstić information content (AvgIpc) is 3.00. The summed E-state index contributed by atoms with van der Waals surface area (Å²) < 4.78 is 0. The topological polar surface area (TPSA) is 86.2 Å². The zero-order valence-electron chi connectivity index (χ0n) is 30.2. The van der Waals surface area contributed by atoms with Crippen LogP contribution in [0.4, 0.5) is 0 Å². The molecule has 0 aliphatic heterocycles. The second-order valence-corrected chi connectivity index (χ2v) is 13.4. The summed E-state index contributed by atoms with van der Waals surface area (Å²) in [7, 11) is 0. The minimum atomic E-state index is -0.156. The van der Waals surface area contributed by atoms with E-state index in [0.29, 0.717) is 12.8 Å². The van der Waals surface area contributed by atoms with Crippen LogP contribution in [0.1, 0.15) is 232 Å². The fourth-order valence-electron chi connectivity index (χ4n) is 5.75. The van der Waals surface area contributed by atoms with E-state index in [2.05, 4.69) is 26.0 Å². The first kappa shape index (κ1) is 44.8. The molecule has 2 amide bonds. The molecule has 0 rings (SSSR count). The van der Waals surface area contributed by atoms with Gasteiger partial charge in [-0.3, -0.25) is 9.59 Å². The molecule has 0 heterocycles. The molecule has 44 heavy (non-hydrogen) atoms. The van der Waals surface area contributed by atoms with Crippen LogP contribution < -0.4 is 11.5 Å². The van der Waals surface area contributed by atoms with Crippen LogP contribution >= 0.6 is 0 Å². The Kier molecular flexibility index (Phi) is 42.4. The maximum Gasteiger partial charge on any atom is 0.217 e. The lowest BCUT2D eigenvalue weighted by Gasteiger charge is -2.03. The highest BCUT2D eigenvalue weighted by atomic mass is 16.1. The van der Waals surface area contributed by atoms with Gasteiger partial charge < -0.3 is 11.5 Å². The zero-order chi connectivity index (χ0) is 32.6. The van der Waals surface area contributed by atoms with Gasteiger partial charge in [-0.2, -0.15) is 0 Å². The van der Waals surface area contributed by atoms with E-state index in [9.17, 15) is 9.59 Å². The summed E-state index contributed by atoms with van der Waals surface area (Å²) in [5.41, 5.74) is 10.2. The van der Waals surface area contributed by atoms with Crippen molar-refractivity contribution in [2.45, 2.75) is 232 Å². The highest BCUT2D eigenvalue weighted by Crippen LogP contribution is 2.14. The Balaban J connectivity index is 0. The highest BCUT2D eigenvalue weighted by molar-refractivity contribution is 5.73. The highest BCUT2D eigenvalue weighted by Gasteiger charge is 1.97. The molecular formula is C40H80N2O2. The van der Waals surface area contributed by atoms with Gasteiger partial charge in [0.2, 0.25) is 11.8 Å². The van der Waals surface area contributed by atoms with Gasteiger partial charge in [0, 0.05) is 12.8 Å². The molecule has 0 aromatic rings. The van der Waals surface area contributed by atoms with Crippen molar-refractivity contribution in [1.82, 2.24) is 0 Å². The van der Waals surface area contributed by atoms with Gasteiger partial charge in [0.15, 0.2) is 0 Å². The number of hydrogen-bond donors (Lipinski definition) is 2. The smallest absolute Gasteiger partial charge is 0.217 e. The molecule has 0 bridgehead atoms. The van der Waals surface area contributed by atoms with Gasteiger partial charge in [0.1, 0.15) is 0 Å². The number of primary amides is 2. The second-order valence-electron chi connectivity index (χ2n) is 13.4. The van der Waals surface area contributed by atoms with E-state index in [0.717, 1.165) is 19.3 Å². The quantitative estimate of drug-likeness (QED) is 0.0545. The number of hydrogen-bond acceptors (Lipinski definition) is 2. The molecule has 4 heteroatoms. The van der Waals surface area contributed by atoms with E-state index in [4.69, 9.17) is 11.5 Å². The third-order valence-corrected chi connectivity index (χ3v) is 8.71. The van der Waals surface area contributed by atoms with Crippen LogP contribution in [0.2, 0.25) is 0 Å². The van der Waals surface area contributed by atoms with Crippen LogP contribution in [0.3, 0.4) is 0 Å². The molecule has 0 aromatic carbocycles. The van der Waals surface area contributed by atoms with Gasteiger partial charge in [-0.15, -0.1) is 0 Å². The summed E-state index contributed by atoms with van der Waals surface area (Å²) in [5.74, 6) is -0.310. The molecule has 0 radical (unpaired) electrons. The summed E-state index contributed by atoms with van der Waals surface area (Å²) in [6.07, 6.45) is 48.7. The molecular weight excluding hydrogens is 540 g/mol. The molecule has 0 saturated heterocycles. The molecule has 0 atom stereocenters. The molecule has 0 aliphatic carbocycles. The van der Waals surface area contributed by atoms with E-state index >= 15 is 0 Å². The summed E-state index contributed by atoms with van der Waals surface area (Å²) in [5, 5.41) is 0. The summed E-state index contributed by atoms with van der Waals surface area (Å²) in [4.78, 5) is 21.2. The second kappa shape index (κ2) is 41.7. The van der Waals surface area contributed by atoms with Gasteiger partial charge in [0.05, 0.1) is 0 Å². The van der Waals surface area contributed by atoms with Gasteiger partial charge in [-0.05, 0) is 38.5 Å². The Morgan fingerprint density at radius 3 is 0.773 bits per heavy atom. The lowest BCUT2D eigenvalue weighted by molar-refractivity contribution is -0.119. The normalized spacial score (nSPS) is 11.1. The Hall–Kier alpha value is -1.32. The first-order chi connectivity index (χ1) is 21.5. The van der Waals surface area contributed by atoms with Gasteiger partial charge in [-0.25, -0.2) is 0 Å². The van der Waals surface area contributed by atoms with Crippen LogP contribution in [0.5, 0.6) is 0 Å². The predicted molar refractivity (Wildman–Crippen MR) is 196 cm³/mol. The number of allylic oxidation sites excluding steroid dienone is 2. The molecule has 4 N–H and O–H groups in total. The Morgan fingerprint density at radius 1 is 0.341 bits per heavy atom. The van der Waals surface area contributed by atoms with Crippen LogP contribution in [0, 0.1) is 0 Å². The lowest BCUT2D eigenvalue weighted by atomic mass is 10.0. The van der Waals surface area contributed by atoms with Crippen molar-refractivity contribution in [3.05, 3.63) is 12.2 Å². The van der Waals surface area contributed by atoms with Gasteiger partial charge in [0.25, 0.3) is 0 Å². The molecule has 0 aromatic heterocycles. The summed E-state index contributed by atoms with van der Waals surface area (Å²) in [6.45, 7) is 4.55. The molecule has 0 spiro atoms. The van der Waals surface area contributed by atoms with Crippen molar-refractivity contribution >= 4 is 11.8 Å². The zero-order valence-corrected chi connectivity index (χ0v) is 30.2. The Bertz CT molecular complexity index is 590. The molecule has 262 valence electrons. The Labute approximate surface area is 276 Å².